The predicted molar refractivity (Wildman–Crippen MR) is 121 cm³/mol. The highest BCUT2D eigenvalue weighted by Gasteiger charge is 2.48. The van der Waals surface area contributed by atoms with E-state index in [0.29, 0.717) is 5.75 Å². The first-order chi connectivity index (χ1) is 17.5. The Kier molecular flexibility index (Phi) is 6.70. The molecule has 0 spiro atoms. The van der Waals surface area contributed by atoms with E-state index in [1.165, 1.54) is 24.3 Å². The number of aromatic nitrogens is 1. The molecule has 4 rings (SSSR count). The summed E-state index contributed by atoms with van der Waals surface area (Å²) in [6.07, 6.45) is -7.25. The summed E-state index contributed by atoms with van der Waals surface area (Å²) in [4.78, 5) is 51.8. The molecule has 0 aliphatic carbocycles. The molecule has 1 saturated heterocycles. The highest BCUT2D eigenvalue weighted by atomic mass is 19.4. The largest absolute Gasteiger partial charge is 0.491 e. The van der Waals surface area contributed by atoms with Crippen molar-refractivity contribution in [2.75, 3.05) is 6.54 Å². The highest BCUT2D eigenvalue weighted by molar-refractivity contribution is 6.04. The number of alkyl carbamates (subject to hydrolysis) is 1. The van der Waals surface area contributed by atoms with Gasteiger partial charge in [-0.25, -0.2) is 14.4 Å². The number of rotatable bonds is 5. The number of benzene rings is 2. The number of para-hydroxylation sites is 1. The van der Waals surface area contributed by atoms with Gasteiger partial charge in [0.1, 0.15) is 12.4 Å². The Bertz CT molecular complexity index is 1390. The van der Waals surface area contributed by atoms with Crippen molar-refractivity contribution in [2.24, 2.45) is 0 Å². The number of urea groups is 1. The number of esters is 1. The number of ether oxygens (including phenoxy) is 2. The summed E-state index contributed by atoms with van der Waals surface area (Å²) < 4.78 is 47.0. The van der Waals surface area contributed by atoms with Crippen LogP contribution in [0, 0.1) is 6.92 Å². The maximum atomic E-state index is 12.7. The highest BCUT2D eigenvalue weighted by Crippen LogP contribution is 2.27. The van der Waals surface area contributed by atoms with Crippen LogP contribution >= 0.6 is 0 Å². The number of carbonyl (C=O) groups is 4. The molecule has 13 heteroatoms. The van der Waals surface area contributed by atoms with Gasteiger partial charge in [0.2, 0.25) is 0 Å². The minimum absolute atomic E-state index is 0.0824. The van der Waals surface area contributed by atoms with Crippen LogP contribution in [-0.4, -0.2) is 41.7 Å². The smallest absolute Gasteiger partial charge is 0.489 e. The SMILES string of the molecule is Cc1cc(COc2ccc([C@]3(NC(=O)OC(=O)C(F)(F)F)CNC(=O)NC3=O)cc2)c2ccccc2n1. The van der Waals surface area contributed by atoms with Gasteiger partial charge in [-0.3, -0.25) is 15.1 Å². The van der Waals surface area contributed by atoms with Crippen molar-refractivity contribution < 1.29 is 41.8 Å². The summed E-state index contributed by atoms with van der Waals surface area (Å²) in [6, 6.07) is 14.3. The quantitative estimate of drug-likeness (QED) is 0.350. The minimum atomic E-state index is -5.43. The number of pyridine rings is 1. The monoisotopic (exact) mass is 516 g/mol. The summed E-state index contributed by atoms with van der Waals surface area (Å²) in [6.45, 7) is 1.53. The lowest BCUT2D eigenvalue weighted by Gasteiger charge is -2.36. The van der Waals surface area contributed by atoms with Crippen LogP contribution in [0.1, 0.15) is 16.8 Å². The molecule has 2 aromatic carbocycles. The Morgan fingerprint density at radius 2 is 1.81 bits per heavy atom. The van der Waals surface area contributed by atoms with Crippen LogP contribution in [-0.2, 0) is 26.5 Å². The molecule has 4 amide bonds. The van der Waals surface area contributed by atoms with E-state index in [1.807, 2.05) is 47.9 Å². The van der Waals surface area contributed by atoms with Gasteiger partial charge in [0, 0.05) is 16.6 Å². The third-order valence-electron chi connectivity index (χ3n) is 5.53. The number of hydrogen-bond acceptors (Lipinski definition) is 7. The lowest BCUT2D eigenvalue weighted by atomic mass is 9.87. The van der Waals surface area contributed by atoms with Gasteiger partial charge in [-0.05, 0) is 36.8 Å². The normalized spacial score (nSPS) is 17.5. The van der Waals surface area contributed by atoms with Crippen LogP contribution in [0.25, 0.3) is 10.9 Å². The van der Waals surface area contributed by atoms with Crippen LogP contribution in [0.4, 0.5) is 22.8 Å². The number of carbonyl (C=O) groups excluding carboxylic acids is 4. The lowest BCUT2D eigenvalue weighted by Crippen LogP contribution is -2.68. The first kappa shape index (κ1) is 25.4. The third kappa shape index (κ3) is 5.44. The first-order valence-corrected chi connectivity index (χ1v) is 10.8. The van der Waals surface area contributed by atoms with Crippen LogP contribution in [0.3, 0.4) is 0 Å². The second-order valence-corrected chi connectivity index (χ2v) is 8.09. The van der Waals surface area contributed by atoms with Crippen molar-refractivity contribution in [1.82, 2.24) is 20.9 Å². The molecule has 1 aromatic heterocycles. The molecule has 2 heterocycles. The molecule has 0 bridgehead atoms. The number of amides is 4. The minimum Gasteiger partial charge on any atom is -0.489 e. The summed E-state index contributed by atoms with van der Waals surface area (Å²) in [7, 11) is 0. The Morgan fingerprint density at radius 3 is 2.49 bits per heavy atom. The van der Waals surface area contributed by atoms with Crippen molar-refractivity contribution in [3.8, 4) is 5.75 Å². The standard InChI is InChI=1S/C24H19F3N4O6/c1-13-10-14(17-4-2-3-5-18(17)29-13)11-36-16-8-6-15(7-9-16)23(12-28-21(34)30-19(23)32)31-22(35)37-20(33)24(25,26)27/h2-10H,11-12H2,1H3,(H,31,35)(H2,28,30,32,34)/t23-/m1/s1. The molecule has 0 unspecified atom stereocenters. The molecule has 37 heavy (non-hydrogen) atoms. The van der Waals surface area contributed by atoms with Gasteiger partial charge >= 0.3 is 24.3 Å². The number of halogens is 3. The summed E-state index contributed by atoms with van der Waals surface area (Å²) >= 11 is 0. The number of imide groups is 1. The summed E-state index contributed by atoms with van der Waals surface area (Å²) in [5.74, 6) is -3.42. The molecule has 0 radical (unpaired) electrons. The summed E-state index contributed by atoms with van der Waals surface area (Å²) in [5.41, 5.74) is 0.525. The zero-order valence-electron chi connectivity index (χ0n) is 19.1. The van der Waals surface area contributed by atoms with E-state index in [4.69, 9.17) is 4.74 Å². The van der Waals surface area contributed by atoms with E-state index in [0.717, 1.165) is 22.2 Å². The number of alkyl halides is 3. The Labute approximate surface area is 207 Å². The lowest BCUT2D eigenvalue weighted by molar-refractivity contribution is -0.193. The van der Waals surface area contributed by atoms with Gasteiger partial charge in [-0.1, -0.05) is 30.3 Å². The van der Waals surface area contributed by atoms with E-state index in [1.54, 1.807) is 0 Å². The van der Waals surface area contributed by atoms with Crippen molar-refractivity contribution in [3.05, 3.63) is 71.4 Å². The molecule has 1 aliphatic heterocycles. The average molecular weight is 516 g/mol. The van der Waals surface area contributed by atoms with Crippen molar-refractivity contribution >= 4 is 34.9 Å². The molecule has 1 fully saturated rings. The van der Waals surface area contributed by atoms with Gasteiger partial charge in [0.05, 0.1) is 12.1 Å². The number of fused-ring (bicyclic) bond motifs is 1. The molecule has 1 aliphatic rings. The molecule has 1 atom stereocenters. The molecule has 3 N–H and O–H groups in total. The van der Waals surface area contributed by atoms with Crippen LogP contribution in [0.2, 0.25) is 0 Å². The maximum Gasteiger partial charge on any atom is 0.491 e. The maximum absolute atomic E-state index is 12.7. The zero-order valence-corrected chi connectivity index (χ0v) is 19.1. The van der Waals surface area contributed by atoms with Gasteiger partial charge in [-0.15, -0.1) is 0 Å². The van der Waals surface area contributed by atoms with E-state index >= 15 is 0 Å². The molecule has 192 valence electrons. The second kappa shape index (κ2) is 9.76. The fourth-order valence-corrected chi connectivity index (χ4v) is 3.81. The number of hydrogen-bond donors (Lipinski definition) is 3. The molecular weight excluding hydrogens is 497 g/mol. The van der Waals surface area contributed by atoms with Crippen molar-refractivity contribution in [3.63, 3.8) is 0 Å². The van der Waals surface area contributed by atoms with Gasteiger partial charge in [0.15, 0.2) is 5.54 Å². The van der Waals surface area contributed by atoms with Gasteiger partial charge in [0.25, 0.3) is 5.91 Å². The van der Waals surface area contributed by atoms with Crippen LogP contribution in [0.15, 0.2) is 54.6 Å². The zero-order chi connectivity index (χ0) is 26.8. The average Bonchev–Trinajstić information content (AvgIpc) is 2.84. The Balaban J connectivity index is 1.55. The Morgan fingerprint density at radius 1 is 1.11 bits per heavy atom. The fourth-order valence-electron chi connectivity index (χ4n) is 3.81. The summed E-state index contributed by atoms with van der Waals surface area (Å²) in [5, 5.41) is 7.11. The molecular formula is C24H19F3N4O6. The molecule has 3 aromatic rings. The van der Waals surface area contributed by atoms with E-state index in [-0.39, 0.29) is 12.2 Å². The topological polar surface area (TPSA) is 136 Å². The molecule has 10 nitrogen and oxygen atoms in total. The van der Waals surface area contributed by atoms with E-state index < -0.39 is 42.3 Å². The van der Waals surface area contributed by atoms with Crippen molar-refractivity contribution in [1.29, 1.82) is 0 Å². The van der Waals surface area contributed by atoms with Crippen LogP contribution < -0.4 is 20.7 Å². The van der Waals surface area contributed by atoms with Crippen LogP contribution in [0.5, 0.6) is 5.75 Å². The number of nitrogens with zero attached hydrogens (tertiary/aromatic N) is 1. The number of aryl methyl sites for hydroxylation is 1. The van der Waals surface area contributed by atoms with E-state index in [9.17, 15) is 32.3 Å². The van der Waals surface area contributed by atoms with Gasteiger partial charge in [-0.2, -0.15) is 13.2 Å². The Hall–Kier alpha value is -4.68. The predicted octanol–water partition coefficient (Wildman–Crippen LogP) is 2.97. The second-order valence-electron chi connectivity index (χ2n) is 8.09. The third-order valence-corrected chi connectivity index (χ3v) is 5.53. The number of nitrogens with one attached hydrogen (secondary N) is 3. The van der Waals surface area contributed by atoms with E-state index in [2.05, 4.69) is 15.0 Å². The van der Waals surface area contributed by atoms with Crippen molar-refractivity contribution in [2.45, 2.75) is 25.2 Å². The molecule has 0 saturated carbocycles. The fraction of sp³-hybridized carbons (Fsp3) is 0.208. The first-order valence-electron chi connectivity index (χ1n) is 10.8. The van der Waals surface area contributed by atoms with Gasteiger partial charge < -0.3 is 20.1 Å².